The maximum absolute atomic E-state index is 15.4. The van der Waals surface area contributed by atoms with E-state index in [9.17, 15) is 19.1 Å². The van der Waals surface area contributed by atoms with Crippen molar-refractivity contribution in [3.8, 4) is 0 Å². The van der Waals surface area contributed by atoms with Gasteiger partial charge in [-0.05, 0) is 50.1 Å². The van der Waals surface area contributed by atoms with E-state index in [1.807, 2.05) is 0 Å². The van der Waals surface area contributed by atoms with E-state index in [0.29, 0.717) is 18.6 Å². The lowest BCUT2D eigenvalue weighted by molar-refractivity contribution is -0.117. The van der Waals surface area contributed by atoms with Gasteiger partial charge in [0.15, 0.2) is 11.0 Å². The first kappa shape index (κ1) is 30.3. The summed E-state index contributed by atoms with van der Waals surface area (Å²) in [5, 5.41) is 10.2. The average molecular weight is 609 g/mol. The van der Waals surface area contributed by atoms with Crippen molar-refractivity contribution < 1.29 is 28.2 Å². The third-order valence-corrected chi connectivity index (χ3v) is 10.7. The summed E-state index contributed by atoms with van der Waals surface area (Å²) in [5.74, 6) is -1.82. The Morgan fingerprint density at radius 1 is 1.30 bits per heavy atom. The fourth-order valence-corrected chi connectivity index (χ4v) is 7.12. The highest BCUT2D eigenvalue weighted by Crippen LogP contribution is 2.67. The molecule has 0 bridgehead atoms. The van der Waals surface area contributed by atoms with Gasteiger partial charge in [-0.25, -0.2) is 28.4 Å². The molecule has 1 saturated carbocycles. The van der Waals surface area contributed by atoms with Crippen molar-refractivity contribution in [2.45, 2.75) is 56.2 Å². The van der Waals surface area contributed by atoms with Crippen molar-refractivity contribution in [3.63, 3.8) is 0 Å². The number of carboxylic acid groups (broad SMARTS) is 1. The molecule has 4 rings (SSSR count). The number of benzene rings is 1. The number of Topliss-reactive ketones (excluding diaryl/α,β-unsaturated/α-hetero) is 1. The molecule has 1 aromatic carbocycles. The zero-order chi connectivity index (χ0) is 29.5. The molecular weight excluding hydrogens is 578 g/mol. The van der Waals surface area contributed by atoms with E-state index in [2.05, 4.69) is 29.6 Å². The number of thioether (sulfide) groups is 1. The molecule has 214 valence electrons. The van der Waals surface area contributed by atoms with Gasteiger partial charge in [0.2, 0.25) is 0 Å². The molecule has 1 fully saturated rings. The highest BCUT2D eigenvalue weighted by atomic mass is 35.5. The van der Waals surface area contributed by atoms with Gasteiger partial charge in [-0.15, -0.1) is 0 Å². The smallest absolute Gasteiger partial charge is 0.415 e. The van der Waals surface area contributed by atoms with Crippen LogP contribution in [0.1, 0.15) is 37.1 Å². The molecule has 2 heterocycles. The third kappa shape index (κ3) is 6.29. The van der Waals surface area contributed by atoms with Gasteiger partial charge in [0.1, 0.15) is 29.2 Å². The van der Waals surface area contributed by atoms with Crippen molar-refractivity contribution in [2.24, 2.45) is 10.9 Å². The van der Waals surface area contributed by atoms with Crippen LogP contribution in [0, 0.1) is 11.7 Å². The van der Waals surface area contributed by atoms with E-state index in [1.54, 1.807) is 6.92 Å². The standard InChI is InChI=1S/C27H31ClF2N4O4SSi/c1-16(35)27-12-22(27)26(2,33-24(39-27)34(25(36)37)15-38-8-9-40(3,4)5)18-10-17(6-7-19(18)29)11-20(30)21-13-32-23(28)14-31-21/h6-7,10-11,13-14,22H,8-9,12,15H2,1-5H3,(H,36,37)/b20-11-/t22-,26+,27+/m0/s1. The van der Waals surface area contributed by atoms with E-state index in [1.165, 1.54) is 43.6 Å². The van der Waals surface area contributed by atoms with Gasteiger partial charge in [0, 0.05) is 26.2 Å². The predicted molar refractivity (Wildman–Crippen MR) is 155 cm³/mol. The Bertz CT molecular complexity index is 1390. The highest BCUT2D eigenvalue weighted by molar-refractivity contribution is 8.16. The maximum Gasteiger partial charge on any atom is 0.415 e. The molecule has 2 aliphatic rings. The topological polar surface area (TPSA) is 105 Å². The molecule has 1 N–H and O–H groups in total. The molecule has 1 aliphatic heterocycles. The monoisotopic (exact) mass is 608 g/mol. The second-order valence-electron chi connectivity index (χ2n) is 11.4. The van der Waals surface area contributed by atoms with Crippen molar-refractivity contribution in [3.05, 3.63) is 58.4 Å². The molecule has 40 heavy (non-hydrogen) atoms. The van der Waals surface area contributed by atoms with E-state index < -0.39 is 36.1 Å². The maximum atomic E-state index is 15.4. The summed E-state index contributed by atoms with van der Waals surface area (Å²) in [4.78, 5) is 38.5. The molecule has 1 aromatic heterocycles. The number of rotatable bonds is 9. The molecule has 1 amide bonds. The molecule has 2 aromatic rings. The molecule has 0 saturated heterocycles. The minimum Gasteiger partial charge on any atom is -0.465 e. The van der Waals surface area contributed by atoms with Crippen LogP contribution in [0.3, 0.4) is 0 Å². The van der Waals surface area contributed by atoms with Gasteiger partial charge >= 0.3 is 6.09 Å². The summed E-state index contributed by atoms with van der Waals surface area (Å²) >= 11 is 6.82. The fraction of sp³-hybridized carbons (Fsp3) is 0.444. The summed E-state index contributed by atoms with van der Waals surface area (Å²) in [5.41, 5.74) is -0.865. The number of fused-ring (bicyclic) bond motifs is 1. The fourth-order valence-electron chi connectivity index (χ4n) is 4.70. The lowest BCUT2D eigenvalue weighted by atomic mass is 9.84. The summed E-state index contributed by atoms with van der Waals surface area (Å²) in [7, 11) is -1.40. The van der Waals surface area contributed by atoms with E-state index >= 15 is 4.39 Å². The molecule has 0 spiro atoms. The van der Waals surface area contributed by atoms with Crippen molar-refractivity contribution in [1.29, 1.82) is 0 Å². The Labute approximate surface area is 241 Å². The zero-order valence-electron chi connectivity index (χ0n) is 22.9. The number of nitrogens with zero attached hydrogens (tertiary/aromatic N) is 4. The number of hydrogen-bond donors (Lipinski definition) is 1. The lowest BCUT2D eigenvalue weighted by Gasteiger charge is -2.36. The number of amides is 1. The lowest BCUT2D eigenvalue weighted by Crippen LogP contribution is -2.44. The Kier molecular flexibility index (Phi) is 8.56. The third-order valence-electron chi connectivity index (χ3n) is 7.16. The van der Waals surface area contributed by atoms with Crippen LogP contribution in [-0.2, 0) is 15.1 Å². The first-order chi connectivity index (χ1) is 18.7. The van der Waals surface area contributed by atoms with Crippen LogP contribution < -0.4 is 0 Å². The van der Waals surface area contributed by atoms with Crippen LogP contribution in [0.2, 0.25) is 30.8 Å². The van der Waals surface area contributed by atoms with Gasteiger partial charge in [-0.1, -0.05) is 49.1 Å². The molecule has 1 aliphatic carbocycles. The first-order valence-corrected chi connectivity index (χ1v) is 17.6. The van der Waals surface area contributed by atoms with Gasteiger partial charge in [0.05, 0.1) is 22.7 Å². The number of hydrogen-bond acceptors (Lipinski definition) is 7. The van der Waals surface area contributed by atoms with Crippen LogP contribution in [-0.4, -0.2) is 63.2 Å². The van der Waals surface area contributed by atoms with Gasteiger partial charge in [-0.3, -0.25) is 9.79 Å². The van der Waals surface area contributed by atoms with Crippen LogP contribution >= 0.6 is 23.4 Å². The average Bonchev–Trinajstić information content (AvgIpc) is 3.62. The SMILES string of the molecule is CC(=O)[C@]12C[C@H]1[C@@](C)(c1cc(/C=C(\F)c3cnc(Cl)cn3)ccc1F)N=C(N(COCC[Si](C)(C)C)C(=O)O)S2. The number of aliphatic imine (C=N–C) groups is 1. The number of carbonyl (C=O) groups is 2. The second kappa shape index (κ2) is 11.3. The second-order valence-corrected chi connectivity index (χ2v) is 18.7. The quantitative estimate of drug-likeness (QED) is 0.192. The van der Waals surface area contributed by atoms with Gasteiger partial charge in [0.25, 0.3) is 0 Å². The molecular formula is C27H31ClF2N4O4SSi. The normalized spacial score (nSPS) is 24.2. The Morgan fingerprint density at radius 3 is 2.62 bits per heavy atom. The largest absolute Gasteiger partial charge is 0.465 e. The molecule has 8 nitrogen and oxygen atoms in total. The Balaban J connectivity index is 1.71. The number of amidine groups is 1. The van der Waals surface area contributed by atoms with Crippen LogP contribution in [0.25, 0.3) is 11.9 Å². The molecule has 3 atom stereocenters. The minimum atomic E-state index is -1.40. The van der Waals surface area contributed by atoms with E-state index in [-0.39, 0.29) is 40.0 Å². The molecule has 0 radical (unpaired) electrons. The van der Waals surface area contributed by atoms with Crippen molar-refractivity contribution in [1.82, 2.24) is 14.9 Å². The van der Waals surface area contributed by atoms with E-state index in [4.69, 9.17) is 21.3 Å². The van der Waals surface area contributed by atoms with Gasteiger partial charge in [-0.2, -0.15) is 0 Å². The highest BCUT2D eigenvalue weighted by Gasteiger charge is 2.70. The summed E-state index contributed by atoms with van der Waals surface area (Å²) in [6.07, 6.45) is 2.70. The number of ether oxygens (including phenoxy) is 1. The number of ketones is 1. The predicted octanol–water partition coefficient (Wildman–Crippen LogP) is 6.69. The summed E-state index contributed by atoms with van der Waals surface area (Å²) < 4.78 is 35.1. The summed E-state index contributed by atoms with van der Waals surface area (Å²) in [6, 6.07) is 4.93. The van der Waals surface area contributed by atoms with E-state index in [0.717, 1.165) is 22.7 Å². The first-order valence-electron chi connectivity index (χ1n) is 12.7. The zero-order valence-corrected chi connectivity index (χ0v) is 25.4. The Morgan fingerprint density at radius 2 is 2.02 bits per heavy atom. The van der Waals surface area contributed by atoms with Crippen LogP contribution in [0.4, 0.5) is 13.6 Å². The van der Waals surface area contributed by atoms with Crippen molar-refractivity contribution >= 4 is 60.4 Å². The number of halogens is 3. The molecule has 0 unspecified atom stereocenters. The Hall–Kier alpha value is -2.67. The summed E-state index contributed by atoms with van der Waals surface area (Å²) in [6.45, 7) is 9.82. The molecule has 13 heteroatoms. The minimum absolute atomic E-state index is 0.0418. The van der Waals surface area contributed by atoms with Crippen LogP contribution in [0.5, 0.6) is 0 Å². The van der Waals surface area contributed by atoms with Crippen LogP contribution in [0.15, 0.2) is 35.6 Å². The van der Waals surface area contributed by atoms with Gasteiger partial charge < -0.3 is 9.84 Å². The van der Waals surface area contributed by atoms with Crippen molar-refractivity contribution in [2.75, 3.05) is 13.3 Å². The number of carbonyl (C=O) groups excluding carboxylic acids is 1. The number of aromatic nitrogens is 2.